The summed E-state index contributed by atoms with van der Waals surface area (Å²) >= 11 is 0. The Hall–Kier alpha value is -0.788. The maximum absolute atomic E-state index is 9.55. The molecule has 50 valence electrons. The first-order valence-electron chi connectivity index (χ1n) is 1.77. The molecule has 0 aliphatic carbocycles. The highest BCUT2D eigenvalue weighted by Crippen LogP contribution is 1.70. The van der Waals surface area contributed by atoms with E-state index >= 15 is 0 Å². The highest BCUT2D eigenvalue weighted by Gasteiger charge is 1.88. The number of carboxylic acids is 2. The largest absolute Gasteiger partial charge is 0.478 e. The van der Waals surface area contributed by atoms with E-state index in [0.29, 0.717) is 12.2 Å². The first-order chi connectivity index (χ1) is 3.63. The fourth-order valence-electron chi connectivity index (χ4n) is 0.143. The fraction of sp³-hybridized carbons (Fsp3) is 0. The highest BCUT2D eigenvalue weighted by molar-refractivity contribution is 5.89. The second-order valence-electron chi connectivity index (χ2n) is 1.01. The quantitative estimate of drug-likeness (QED) is 0.368. The summed E-state index contributed by atoms with van der Waals surface area (Å²) in [6, 6.07) is 0. The van der Waals surface area contributed by atoms with Crippen LogP contribution >= 0.6 is 0 Å². The van der Waals surface area contributed by atoms with Gasteiger partial charge in [0.25, 0.3) is 0 Å². The Morgan fingerprint density at radius 1 is 1.00 bits per heavy atom. The third-order valence-electron chi connectivity index (χ3n) is 0.368. The van der Waals surface area contributed by atoms with Crippen LogP contribution in [0.2, 0.25) is 0 Å². The minimum atomic E-state index is -1.26. The smallest absolute Gasteiger partial charge is 0.328 e. The minimum Gasteiger partial charge on any atom is -0.478 e. The van der Waals surface area contributed by atoms with Gasteiger partial charge in [0.1, 0.15) is 0 Å². The summed E-state index contributed by atoms with van der Waals surface area (Å²) in [5.41, 5.74) is 0. The molecule has 0 radical (unpaired) electrons. The Balaban J connectivity index is 0. The van der Waals surface area contributed by atoms with E-state index in [1.807, 2.05) is 0 Å². The lowest BCUT2D eigenvalue weighted by atomic mass is 10.5. The van der Waals surface area contributed by atoms with Gasteiger partial charge in [-0.3, -0.25) is 0 Å². The summed E-state index contributed by atoms with van der Waals surface area (Å²) < 4.78 is 0. The van der Waals surface area contributed by atoms with Crippen molar-refractivity contribution in [3.05, 3.63) is 12.2 Å². The molecule has 0 aromatic carbocycles. The number of hydrogen-bond acceptors (Lipinski definition) is 2. The molecule has 0 aromatic heterocycles. The average Bonchev–Trinajstić information content (AvgIpc) is 1.61. The van der Waals surface area contributed by atoms with E-state index in [2.05, 4.69) is 0 Å². The van der Waals surface area contributed by atoms with Gasteiger partial charge in [0.15, 0.2) is 17.4 Å². The fourth-order valence-corrected chi connectivity index (χ4v) is 0.143. The Morgan fingerprint density at radius 2 is 1.22 bits per heavy atom. The molecule has 0 rings (SSSR count). The van der Waals surface area contributed by atoms with Gasteiger partial charge in [0, 0.05) is 12.2 Å². The van der Waals surface area contributed by atoms with E-state index in [1.54, 1.807) is 0 Å². The average molecular weight is 146 g/mol. The zero-order valence-electron chi connectivity index (χ0n) is 3.87. The van der Waals surface area contributed by atoms with Crippen molar-refractivity contribution in [2.75, 3.05) is 0 Å². The molecule has 0 aromatic rings. The van der Waals surface area contributed by atoms with Crippen LogP contribution in [-0.2, 0) is 9.59 Å². The second-order valence-corrected chi connectivity index (χ2v) is 1.01. The molecular formula is C4H7AlO4. The molecule has 9 heavy (non-hydrogen) atoms. The Labute approximate surface area is 61.9 Å². The molecule has 4 nitrogen and oxygen atoms in total. The van der Waals surface area contributed by atoms with Gasteiger partial charge >= 0.3 is 11.9 Å². The zero-order chi connectivity index (χ0) is 6.57. The van der Waals surface area contributed by atoms with E-state index in [1.165, 1.54) is 0 Å². The molecule has 0 spiro atoms. The van der Waals surface area contributed by atoms with Crippen LogP contribution in [0, 0.1) is 0 Å². The van der Waals surface area contributed by atoms with Gasteiger partial charge in [-0.25, -0.2) is 9.59 Å². The van der Waals surface area contributed by atoms with E-state index in [0.717, 1.165) is 0 Å². The Kier molecular flexibility index (Phi) is 6.58. The molecule has 0 bridgehead atoms. The van der Waals surface area contributed by atoms with Crippen LogP contribution in [-0.4, -0.2) is 39.5 Å². The molecule has 0 atom stereocenters. The van der Waals surface area contributed by atoms with Gasteiger partial charge in [-0.2, -0.15) is 0 Å². The second kappa shape index (κ2) is 5.35. The molecule has 5 heteroatoms. The zero-order valence-corrected chi connectivity index (χ0v) is 3.87. The molecule has 0 fully saturated rings. The predicted molar refractivity (Wildman–Crippen MR) is 34.4 cm³/mol. The number of carbonyl (C=O) groups is 2. The van der Waals surface area contributed by atoms with Crippen LogP contribution in [0.1, 0.15) is 0 Å². The number of carboxylic acid groups (broad SMARTS) is 2. The Morgan fingerprint density at radius 3 is 1.33 bits per heavy atom. The van der Waals surface area contributed by atoms with Crippen LogP contribution in [0.25, 0.3) is 0 Å². The third-order valence-corrected chi connectivity index (χ3v) is 0.368. The van der Waals surface area contributed by atoms with Crippen LogP contribution in [0.4, 0.5) is 0 Å². The molecule has 0 saturated heterocycles. The number of hydrogen-bond donors (Lipinski definition) is 2. The standard InChI is InChI=1S/C4H4O4.Al.3H/c5-3(6)1-2-4(7)8;;;;/h1-2H,(H,5,6)(H,7,8);;;;. The van der Waals surface area contributed by atoms with Crippen molar-refractivity contribution in [2.45, 2.75) is 0 Å². The van der Waals surface area contributed by atoms with Crippen molar-refractivity contribution in [3.8, 4) is 0 Å². The van der Waals surface area contributed by atoms with Gasteiger partial charge < -0.3 is 10.2 Å². The van der Waals surface area contributed by atoms with Crippen LogP contribution in [0.5, 0.6) is 0 Å². The maximum atomic E-state index is 9.55. The molecule has 0 amide bonds. The van der Waals surface area contributed by atoms with E-state index < -0.39 is 11.9 Å². The SMILES string of the molecule is O=C(O)C=CC(=O)O.[AlH3]. The van der Waals surface area contributed by atoms with E-state index in [4.69, 9.17) is 10.2 Å². The van der Waals surface area contributed by atoms with Crippen molar-refractivity contribution in [1.29, 1.82) is 0 Å². The molecule has 0 heterocycles. The summed E-state index contributed by atoms with van der Waals surface area (Å²) in [6.07, 6.45) is 1.12. The molecule has 0 saturated carbocycles. The van der Waals surface area contributed by atoms with Crippen LogP contribution in [0.15, 0.2) is 12.2 Å². The van der Waals surface area contributed by atoms with Crippen LogP contribution in [0.3, 0.4) is 0 Å². The first kappa shape index (κ1) is 11.1. The van der Waals surface area contributed by atoms with Gasteiger partial charge in [0.2, 0.25) is 0 Å². The lowest BCUT2D eigenvalue weighted by molar-refractivity contribution is -0.134. The number of aliphatic carboxylic acids is 2. The predicted octanol–water partition coefficient (Wildman–Crippen LogP) is -1.47. The summed E-state index contributed by atoms with van der Waals surface area (Å²) in [5.74, 6) is -2.51. The lowest BCUT2D eigenvalue weighted by Crippen LogP contribution is -1.91. The van der Waals surface area contributed by atoms with Crippen molar-refractivity contribution in [3.63, 3.8) is 0 Å². The van der Waals surface area contributed by atoms with Gasteiger partial charge in [0.05, 0.1) is 0 Å². The maximum Gasteiger partial charge on any atom is 0.328 e. The first-order valence-corrected chi connectivity index (χ1v) is 1.77. The summed E-state index contributed by atoms with van der Waals surface area (Å²) in [6.45, 7) is 0. The number of rotatable bonds is 2. The normalized spacial score (nSPS) is 8.44. The summed E-state index contributed by atoms with van der Waals surface area (Å²) in [4.78, 5) is 19.1. The van der Waals surface area contributed by atoms with Crippen LogP contribution < -0.4 is 0 Å². The molecular weight excluding hydrogens is 139 g/mol. The summed E-state index contributed by atoms with van der Waals surface area (Å²) in [5, 5.41) is 15.6. The van der Waals surface area contributed by atoms with Gasteiger partial charge in [-0.15, -0.1) is 0 Å². The van der Waals surface area contributed by atoms with Crippen molar-refractivity contribution < 1.29 is 19.8 Å². The van der Waals surface area contributed by atoms with E-state index in [-0.39, 0.29) is 17.4 Å². The molecule has 0 unspecified atom stereocenters. The van der Waals surface area contributed by atoms with Crippen molar-refractivity contribution >= 4 is 29.3 Å². The Bertz CT molecular complexity index is 124. The van der Waals surface area contributed by atoms with Gasteiger partial charge in [-0.05, 0) is 0 Å². The topological polar surface area (TPSA) is 74.6 Å². The minimum absolute atomic E-state index is 0. The van der Waals surface area contributed by atoms with Crippen molar-refractivity contribution in [1.82, 2.24) is 0 Å². The molecule has 2 N–H and O–H groups in total. The third kappa shape index (κ3) is 11.0. The monoisotopic (exact) mass is 146 g/mol. The van der Waals surface area contributed by atoms with Gasteiger partial charge in [-0.1, -0.05) is 0 Å². The highest BCUT2D eigenvalue weighted by atomic mass is 27.0. The lowest BCUT2D eigenvalue weighted by Gasteiger charge is -1.74. The molecule has 0 aliphatic rings. The van der Waals surface area contributed by atoms with E-state index in [9.17, 15) is 9.59 Å². The molecule has 0 aliphatic heterocycles. The summed E-state index contributed by atoms with van der Waals surface area (Å²) in [7, 11) is 0. The van der Waals surface area contributed by atoms with Crippen molar-refractivity contribution in [2.24, 2.45) is 0 Å².